The van der Waals surface area contributed by atoms with E-state index in [0.717, 1.165) is 17.2 Å². The summed E-state index contributed by atoms with van der Waals surface area (Å²) in [5.74, 6) is 0.717. The summed E-state index contributed by atoms with van der Waals surface area (Å²) in [6.45, 7) is 1.11. The highest BCUT2D eigenvalue weighted by Gasteiger charge is 2.16. The van der Waals surface area contributed by atoms with Crippen LogP contribution in [0.5, 0.6) is 11.5 Å². The van der Waals surface area contributed by atoms with Gasteiger partial charge in [-0.2, -0.15) is 5.26 Å². The minimum absolute atomic E-state index is 0.00539. The summed E-state index contributed by atoms with van der Waals surface area (Å²) in [6.07, 6.45) is 2.32. The highest BCUT2D eigenvalue weighted by Crippen LogP contribution is 2.34. The van der Waals surface area contributed by atoms with E-state index in [1.165, 1.54) is 6.08 Å². The fraction of sp³-hybridized carbons (Fsp3) is 0.130. The number of ether oxygens (including phenoxy) is 2. The van der Waals surface area contributed by atoms with Gasteiger partial charge in [0.25, 0.3) is 5.91 Å². The molecule has 0 aromatic heterocycles. The Kier molecular flexibility index (Phi) is 4.94. The molecule has 1 aliphatic rings. The maximum atomic E-state index is 12.8. The second-order valence-corrected chi connectivity index (χ2v) is 6.38. The van der Waals surface area contributed by atoms with E-state index in [9.17, 15) is 10.1 Å². The smallest absolute Gasteiger partial charge is 0.266 e. The maximum Gasteiger partial charge on any atom is 0.266 e. The van der Waals surface area contributed by atoms with Gasteiger partial charge >= 0.3 is 0 Å². The lowest BCUT2D eigenvalue weighted by molar-refractivity contribution is -0.112. The lowest BCUT2D eigenvalue weighted by atomic mass is 10.1. The van der Waals surface area contributed by atoms with Crippen LogP contribution in [-0.4, -0.2) is 19.1 Å². The third kappa shape index (κ3) is 3.53. The third-order valence-corrected chi connectivity index (χ3v) is 4.50. The van der Waals surface area contributed by atoms with Crippen molar-refractivity contribution < 1.29 is 14.3 Å². The minimum Gasteiger partial charge on any atom is -0.490 e. The van der Waals surface area contributed by atoms with Crippen LogP contribution in [0.25, 0.3) is 16.8 Å². The lowest BCUT2D eigenvalue weighted by Crippen LogP contribution is -2.13. The fourth-order valence-electron chi connectivity index (χ4n) is 3.16. The van der Waals surface area contributed by atoms with Crippen molar-refractivity contribution in [3.8, 4) is 17.6 Å². The van der Waals surface area contributed by atoms with Gasteiger partial charge in [-0.05, 0) is 23.6 Å². The van der Waals surface area contributed by atoms with Gasteiger partial charge in [-0.3, -0.25) is 4.79 Å². The average Bonchev–Trinajstić information content (AvgIpc) is 2.98. The first kappa shape index (κ1) is 17.6. The summed E-state index contributed by atoms with van der Waals surface area (Å²) in [5, 5.41) is 14.3. The van der Waals surface area contributed by atoms with Crippen LogP contribution in [0.3, 0.4) is 0 Å². The standard InChI is InChI=1S/C23H18N2O3/c24-15-18(14-17-8-4-11-21-22(17)28-13-5-12-27-21)23(26)25-20-10-3-7-16-6-1-2-9-19(16)20/h1-4,6-11,14H,5,12-13H2,(H,25,26)/b18-14-. The van der Waals surface area contributed by atoms with E-state index in [2.05, 4.69) is 5.32 Å². The Labute approximate surface area is 162 Å². The zero-order chi connectivity index (χ0) is 19.3. The number of nitriles is 1. The predicted molar refractivity (Wildman–Crippen MR) is 108 cm³/mol. The van der Waals surface area contributed by atoms with Crippen molar-refractivity contribution in [2.24, 2.45) is 0 Å². The molecule has 0 fully saturated rings. The van der Waals surface area contributed by atoms with Crippen molar-refractivity contribution in [1.29, 1.82) is 5.26 Å². The van der Waals surface area contributed by atoms with Crippen molar-refractivity contribution in [3.63, 3.8) is 0 Å². The van der Waals surface area contributed by atoms with Crippen molar-refractivity contribution in [3.05, 3.63) is 71.8 Å². The van der Waals surface area contributed by atoms with Gasteiger partial charge in [-0.15, -0.1) is 0 Å². The number of amides is 1. The number of rotatable bonds is 3. The molecule has 1 aliphatic heterocycles. The molecule has 28 heavy (non-hydrogen) atoms. The molecule has 1 N–H and O–H groups in total. The summed E-state index contributed by atoms with van der Waals surface area (Å²) in [5.41, 5.74) is 1.30. The Morgan fingerprint density at radius 2 is 1.79 bits per heavy atom. The Hall–Kier alpha value is -3.78. The molecule has 3 aromatic carbocycles. The van der Waals surface area contributed by atoms with Gasteiger partial charge in [0.1, 0.15) is 11.6 Å². The molecule has 1 amide bonds. The molecule has 0 radical (unpaired) electrons. The number of carbonyl (C=O) groups excluding carboxylic acids is 1. The van der Waals surface area contributed by atoms with Crippen LogP contribution >= 0.6 is 0 Å². The van der Waals surface area contributed by atoms with Crippen molar-refractivity contribution in [2.75, 3.05) is 18.5 Å². The van der Waals surface area contributed by atoms with Gasteiger partial charge in [0.15, 0.2) is 11.5 Å². The van der Waals surface area contributed by atoms with E-state index < -0.39 is 5.91 Å². The van der Waals surface area contributed by atoms with Crippen molar-refractivity contribution >= 4 is 28.4 Å². The Morgan fingerprint density at radius 1 is 1.00 bits per heavy atom. The largest absolute Gasteiger partial charge is 0.490 e. The number of fused-ring (bicyclic) bond motifs is 2. The highest BCUT2D eigenvalue weighted by molar-refractivity contribution is 6.13. The van der Waals surface area contributed by atoms with Crippen LogP contribution in [0.15, 0.2) is 66.2 Å². The molecule has 1 heterocycles. The second kappa shape index (κ2) is 7.85. The number of benzene rings is 3. The molecule has 3 aromatic rings. The number of para-hydroxylation sites is 1. The van der Waals surface area contributed by atoms with Gasteiger partial charge in [0, 0.05) is 23.1 Å². The van der Waals surface area contributed by atoms with Crippen LogP contribution in [0, 0.1) is 11.3 Å². The molecule has 0 saturated heterocycles. The van der Waals surface area contributed by atoms with Crippen molar-refractivity contribution in [2.45, 2.75) is 6.42 Å². The average molecular weight is 370 g/mol. The van der Waals surface area contributed by atoms with Gasteiger partial charge in [-0.1, -0.05) is 48.5 Å². The minimum atomic E-state index is -0.467. The zero-order valence-electron chi connectivity index (χ0n) is 15.1. The molecule has 0 atom stereocenters. The number of nitrogens with one attached hydrogen (secondary N) is 1. The number of hydrogen-bond donors (Lipinski definition) is 1. The molecular weight excluding hydrogens is 352 g/mol. The SMILES string of the molecule is N#C/C(=C/c1cccc2c1OCCCO2)C(=O)Nc1cccc2ccccc12. The first-order valence-electron chi connectivity index (χ1n) is 9.06. The maximum absolute atomic E-state index is 12.8. The third-order valence-electron chi connectivity index (χ3n) is 4.50. The van der Waals surface area contributed by atoms with Crippen LogP contribution in [0.2, 0.25) is 0 Å². The summed E-state index contributed by atoms with van der Waals surface area (Å²) >= 11 is 0. The number of carbonyl (C=O) groups is 1. The van der Waals surface area contributed by atoms with Gasteiger partial charge in [-0.25, -0.2) is 0 Å². The molecule has 5 nitrogen and oxygen atoms in total. The molecule has 0 unspecified atom stereocenters. The summed E-state index contributed by atoms with van der Waals surface area (Å²) in [4.78, 5) is 12.8. The Morgan fingerprint density at radius 3 is 2.68 bits per heavy atom. The first-order valence-corrected chi connectivity index (χ1v) is 9.06. The quantitative estimate of drug-likeness (QED) is 0.542. The highest BCUT2D eigenvalue weighted by atomic mass is 16.5. The van der Waals surface area contributed by atoms with E-state index in [4.69, 9.17) is 9.47 Å². The predicted octanol–water partition coefficient (Wildman–Crippen LogP) is 4.55. The van der Waals surface area contributed by atoms with Crippen LogP contribution in [-0.2, 0) is 4.79 Å². The second-order valence-electron chi connectivity index (χ2n) is 6.38. The Bertz CT molecular complexity index is 1110. The normalized spacial score (nSPS) is 13.5. The number of anilines is 1. The van der Waals surface area contributed by atoms with E-state index in [-0.39, 0.29) is 5.57 Å². The van der Waals surface area contributed by atoms with Gasteiger partial charge in [0.05, 0.1) is 13.2 Å². The van der Waals surface area contributed by atoms with E-state index >= 15 is 0 Å². The molecule has 0 aliphatic carbocycles. The lowest BCUT2D eigenvalue weighted by Gasteiger charge is -2.11. The fourth-order valence-corrected chi connectivity index (χ4v) is 3.16. The summed E-state index contributed by atoms with van der Waals surface area (Å²) in [7, 11) is 0. The summed E-state index contributed by atoms with van der Waals surface area (Å²) < 4.78 is 11.4. The topological polar surface area (TPSA) is 71.3 Å². The van der Waals surface area contributed by atoms with Crippen molar-refractivity contribution in [1.82, 2.24) is 0 Å². The number of nitrogens with zero attached hydrogens (tertiary/aromatic N) is 1. The monoisotopic (exact) mass is 370 g/mol. The zero-order valence-corrected chi connectivity index (χ0v) is 15.1. The first-order chi connectivity index (χ1) is 13.8. The molecule has 0 saturated carbocycles. The van der Waals surface area contributed by atoms with Crippen LogP contribution in [0.4, 0.5) is 5.69 Å². The van der Waals surface area contributed by atoms with Gasteiger partial charge in [0.2, 0.25) is 0 Å². The Balaban J connectivity index is 1.66. The van der Waals surface area contributed by atoms with E-state index in [1.807, 2.05) is 60.7 Å². The molecular formula is C23H18N2O3. The van der Waals surface area contributed by atoms with E-state index in [0.29, 0.717) is 36.0 Å². The number of hydrogen-bond acceptors (Lipinski definition) is 4. The molecule has 0 spiro atoms. The molecule has 0 bridgehead atoms. The summed E-state index contributed by atoms with van der Waals surface area (Å²) in [6, 6.07) is 20.9. The van der Waals surface area contributed by atoms with Crippen LogP contribution < -0.4 is 14.8 Å². The molecule has 4 rings (SSSR count). The van der Waals surface area contributed by atoms with E-state index in [1.54, 1.807) is 6.07 Å². The molecule has 5 heteroatoms. The van der Waals surface area contributed by atoms with Gasteiger partial charge < -0.3 is 14.8 Å². The molecule has 138 valence electrons. The van der Waals surface area contributed by atoms with Crippen LogP contribution in [0.1, 0.15) is 12.0 Å².